The largest absolute Gasteiger partial charge is 0.355 e. The van der Waals surface area contributed by atoms with Crippen molar-refractivity contribution in [2.75, 3.05) is 30.6 Å². The number of hydrogen-bond acceptors (Lipinski definition) is 2. The summed E-state index contributed by atoms with van der Waals surface area (Å²) in [7, 11) is 4.25. The molecule has 64 valence electrons. The minimum absolute atomic E-state index is 0.999. The zero-order valence-electron chi connectivity index (χ0n) is 7.83. The number of rotatable bonds is 0. The molecule has 0 saturated heterocycles. The lowest BCUT2D eigenvalue weighted by Crippen LogP contribution is -2.23. The van der Waals surface area contributed by atoms with Gasteiger partial charge in [0.05, 0.1) is 18.0 Å². The molecule has 0 aliphatic carbocycles. The van der Waals surface area contributed by atoms with Crippen molar-refractivity contribution in [1.29, 1.82) is 0 Å². The lowest BCUT2D eigenvalue weighted by atomic mass is 10.2. The number of aryl methyl sites for hydroxylation is 1. The molecule has 1 aliphatic rings. The molecular formula is C10H14N2. The molecule has 0 fully saturated rings. The average molecular weight is 162 g/mol. The number of anilines is 2. The Bertz CT molecular complexity index is 307. The van der Waals surface area contributed by atoms with E-state index in [1.165, 1.54) is 16.9 Å². The quantitative estimate of drug-likeness (QED) is 0.574. The smallest absolute Gasteiger partial charge is 0.0898 e. The van der Waals surface area contributed by atoms with E-state index >= 15 is 0 Å². The molecule has 0 bridgehead atoms. The Morgan fingerprint density at radius 1 is 1.08 bits per heavy atom. The molecule has 0 amide bonds. The summed E-state index contributed by atoms with van der Waals surface area (Å²) in [5.41, 5.74) is 4.01. The maximum atomic E-state index is 2.27. The third kappa shape index (κ3) is 0.951. The molecule has 1 aliphatic heterocycles. The number of nitrogens with zero attached hydrogens (tertiary/aromatic N) is 2. The third-order valence-electron chi connectivity index (χ3n) is 2.38. The van der Waals surface area contributed by atoms with Gasteiger partial charge in [-0.2, -0.15) is 0 Å². The van der Waals surface area contributed by atoms with Crippen LogP contribution in [0.4, 0.5) is 11.4 Å². The van der Waals surface area contributed by atoms with E-state index in [9.17, 15) is 0 Å². The van der Waals surface area contributed by atoms with Gasteiger partial charge in [0.1, 0.15) is 0 Å². The first kappa shape index (κ1) is 7.47. The first-order valence-corrected chi connectivity index (χ1v) is 4.21. The molecule has 1 aromatic rings. The summed E-state index contributed by atoms with van der Waals surface area (Å²) in [6.45, 7) is 3.13. The molecule has 0 atom stereocenters. The molecule has 0 unspecified atom stereocenters. The highest BCUT2D eigenvalue weighted by molar-refractivity contribution is 5.76. The lowest BCUT2D eigenvalue weighted by molar-refractivity contribution is 0.916. The standard InChI is InChI=1S/C10H14N2/c1-8-4-5-9-10(6-8)12(3)7-11(9)2/h4-6H,7H2,1-3H3. The van der Waals surface area contributed by atoms with Crippen LogP contribution in [0.2, 0.25) is 0 Å². The summed E-state index contributed by atoms with van der Waals surface area (Å²) in [5, 5.41) is 0. The van der Waals surface area contributed by atoms with Gasteiger partial charge in [0.15, 0.2) is 0 Å². The van der Waals surface area contributed by atoms with E-state index in [0.29, 0.717) is 0 Å². The Hall–Kier alpha value is -1.18. The Morgan fingerprint density at radius 3 is 2.50 bits per heavy atom. The van der Waals surface area contributed by atoms with Crippen LogP contribution in [0.15, 0.2) is 18.2 Å². The molecule has 2 rings (SSSR count). The first-order chi connectivity index (χ1) is 5.68. The van der Waals surface area contributed by atoms with Gasteiger partial charge in [-0.3, -0.25) is 0 Å². The molecule has 2 heteroatoms. The predicted octanol–water partition coefficient (Wildman–Crippen LogP) is 1.84. The van der Waals surface area contributed by atoms with Gasteiger partial charge in [0.25, 0.3) is 0 Å². The molecule has 0 aromatic heterocycles. The van der Waals surface area contributed by atoms with Crippen LogP contribution in [0.25, 0.3) is 0 Å². The summed E-state index contributed by atoms with van der Waals surface area (Å²) in [6.07, 6.45) is 0. The van der Waals surface area contributed by atoms with Gasteiger partial charge in [0.2, 0.25) is 0 Å². The van der Waals surface area contributed by atoms with Crippen molar-refractivity contribution < 1.29 is 0 Å². The van der Waals surface area contributed by atoms with Gasteiger partial charge in [-0.25, -0.2) is 0 Å². The van der Waals surface area contributed by atoms with Crippen LogP contribution >= 0.6 is 0 Å². The first-order valence-electron chi connectivity index (χ1n) is 4.21. The second-order valence-corrected chi connectivity index (χ2v) is 3.53. The molecule has 0 spiro atoms. The predicted molar refractivity (Wildman–Crippen MR) is 52.9 cm³/mol. The van der Waals surface area contributed by atoms with Crippen LogP contribution < -0.4 is 9.80 Å². The summed E-state index contributed by atoms with van der Waals surface area (Å²) in [4.78, 5) is 4.52. The third-order valence-corrected chi connectivity index (χ3v) is 2.38. The van der Waals surface area contributed by atoms with E-state index in [1.54, 1.807) is 0 Å². The van der Waals surface area contributed by atoms with Crippen molar-refractivity contribution in [2.45, 2.75) is 6.92 Å². The Kier molecular flexibility index (Phi) is 1.50. The minimum atomic E-state index is 0.999. The fraction of sp³-hybridized carbons (Fsp3) is 0.400. The minimum Gasteiger partial charge on any atom is -0.355 e. The van der Waals surface area contributed by atoms with E-state index in [2.05, 4.69) is 49.0 Å². The van der Waals surface area contributed by atoms with Gasteiger partial charge in [0, 0.05) is 14.1 Å². The van der Waals surface area contributed by atoms with Crippen LogP contribution in [-0.4, -0.2) is 20.8 Å². The van der Waals surface area contributed by atoms with Gasteiger partial charge < -0.3 is 9.80 Å². The van der Waals surface area contributed by atoms with E-state index in [-0.39, 0.29) is 0 Å². The monoisotopic (exact) mass is 162 g/mol. The molecule has 0 saturated carbocycles. The summed E-state index contributed by atoms with van der Waals surface area (Å²) < 4.78 is 0. The molecule has 1 aromatic carbocycles. The van der Waals surface area contributed by atoms with Gasteiger partial charge >= 0.3 is 0 Å². The van der Waals surface area contributed by atoms with Crippen LogP contribution in [0.5, 0.6) is 0 Å². The SMILES string of the molecule is Cc1ccc2c(c1)N(C)CN2C. The summed E-state index contributed by atoms with van der Waals surface area (Å²) in [6, 6.07) is 6.58. The Balaban J connectivity index is 2.53. The van der Waals surface area contributed by atoms with E-state index in [0.717, 1.165) is 6.67 Å². The molecule has 0 N–H and O–H groups in total. The van der Waals surface area contributed by atoms with Gasteiger partial charge in [-0.1, -0.05) is 6.07 Å². The fourth-order valence-electron chi connectivity index (χ4n) is 1.73. The molecule has 12 heavy (non-hydrogen) atoms. The lowest BCUT2D eigenvalue weighted by Gasteiger charge is -2.11. The zero-order chi connectivity index (χ0) is 8.72. The number of hydrogen-bond donors (Lipinski definition) is 0. The molecule has 1 heterocycles. The highest BCUT2D eigenvalue weighted by atomic mass is 15.3. The fourth-order valence-corrected chi connectivity index (χ4v) is 1.73. The highest BCUT2D eigenvalue weighted by Gasteiger charge is 2.19. The van der Waals surface area contributed by atoms with Crippen LogP contribution in [-0.2, 0) is 0 Å². The number of benzene rings is 1. The topological polar surface area (TPSA) is 6.48 Å². The van der Waals surface area contributed by atoms with Gasteiger partial charge in [-0.15, -0.1) is 0 Å². The molecule has 0 radical (unpaired) electrons. The highest BCUT2D eigenvalue weighted by Crippen LogP contribution is 2.34. The van der Waals surface area contributed by atoms with Crippen molar-refractivity contribution >= 4 is 11.4 Å². The average Bonchev–Trinajstić information content (AvgIpc) is 2.28. The second-order valence-electron chi connectivity index (χ2n) is 3.53. The normalized spacial score (nSPS) is 15.2. The maximum absolute atomic E-state index is 2.27. The van der Waals surface area contributed by atoms with Crippen molar-refractivity contribution in [2.24, 2.45) is 0 Å². The van der Waals surface area contributed by atoms with Crippen LogP contribution in [0.1, 0.15) is 5.56 Å². The van der Waals surface area contributed by atoms with Crippen molar-refractivity contribution in [3.63, 3.8) is 0 Å². The van der Waals surface area contributed by atoms with Crippen LogP contribution in [0.3, 0.4) is 0 Å². The number of fused-ring (bicyclic) bond motifs is 1. The Labute approximate surface area is 73.4 Å². The van der Waals surface area contributed by atoms with Crippen molar-refractivity contribution in [1.82, 2.24) is 0 Å². The second kappa shape index (κ2) is 2.41. The molecular weight excluding hydrogens is 148 g/mol. The van der Waals surface area contributed by atoms with Crippen LogP contribution in [0, 0.1) is 6.92 Å². The van der Waals surface area contributed by atoms with E-state index < -0.39 is 0 Å². The van der Waals surface area contributed by atoms with Crippen molar-refractivity contribution in [3.05, 3.63) is 23.8 Å². The van der Waals surface area contributed by atoms with E-state index in [1.807, 2.05) is 0 Å². The van der Waals surface area contributed by atoms with Gasteiger partial charge in [-0.05, 0) is 24.6 Å². The maximum Gasteiger partial charge on any atom is 0.0898 e. The molecule has 2 nitrogen and oxygen atoms in total. The summed E-state index contributed by atoms with van der Waals surface area (Å²) >= 11 is 0. The van der Waals surface area contributed by atoms with Crippen molar-refractivity contribution in [3.8, 4) is 0 Å². The van der Waals surface area contributed by atoms with E-state index in [4.69, 9.17) is 0 Å². The summed E-state index contributed by atoms with van der Waals surface area (Å²) in [5.74, 6) is 0. The Morgan fingerprint density at radius 2 is 1.75 bits per heavy atom. The zero-order valence-corrected chi connectivity index (χ0v) is 7.83.